The van der Waals surface area contributed by atoms with E-state index in [1.165, 1.54) is 5.56 Å². The molecule has 4 rings (SSSR count). The molecule has 1 aliphatic rings. The first kappa shape index (κ1) is 24.6. The van der Waals surface area contributed by atoms with Gasteiger partial charge >= 0.3 is 0 Å². The molecule has 2 amide bonds. The summed E-state index contributed by atoms with van der Waals surface area (Å²) in [6, 6.07) is 23.5. The maximum atomic E-state index is 13.2. The standard InChI is InChI=1S/C29H32N2O4/c1-18(2)21-7-5-8-22(15-21)20-12-10-19(11-13-20)14-24(17-27(33)31-35)29(34)30-28-25-9-4-3-6-23(25)16-26(28)32/h3-13,15,18,24,26,28,32,35H,14,16-17H2,1-2H3,(H,30,34)(H,31,33)/t24-,26-,28+/m1/s1. The average Bonchev–Trinajstić information content (AvgIpc) is 3.18. The number of rotatable bonds is 8. The first-order chi connectivity index (χ1) is 16.9. The van der Waals surface area contributed by atoms with Gasteiger partial charge in [0.2, 0.25) is 11.8 Å². The molecule has 0 aliphatic heterocycles. The summed E-state index contributed by atoms with van der Waals surface area (Å²) in [7, 11) is 0. The number of hydroxylamine groups is 1. The number of fused-ring (bicyclic) bond motifs is 1. The first-order valence-corrected chi connectivity index (χ1v) is 12.0. The molecule has 6 nitrogen and oxygen atoms in total. The lowest BCUT2D eigenvalue weighted by molar-refractivity contribution is -0.135. The second-order valence-corrected chi connectivity index (χ2v) is 9.57. The summed E-state index contributed by atoms with van der Waals surface area (Å²) in [5, 5.41) is 22.5. The first-order valence-electron chi connectivity index (χ1n) is 12.0. The Morgan fingerprint density at radius 3 is 2.43 bits per heavy atom. The van der Waals surface area contributed by atoms with Crippen molar-refractivity contribution in [1.29, 1.82) is 0 Å². The second kappa shape index (κ2) is 10.8. The largest absolute Gasteiger partial charge is 0.390 e. The summed E-state index contributed by atoms with van der Waals surface area (Å²) in [6.45, 7) is 4.33. The SMILES string of the molecule is CC(C)c1cccc(-c2ccc(C[C@H](CC(=O)NO)C(=O)N[C@H]3c4ccccc4C[C@H]3O)cc2)c1. The van der Waals surface area contributed by atoms with Crippen molar-refractivity contribution in [3.05, 3.63) is 95.1 Å². The molecule has 3 aromatic carbocycles. The van der Waals surface area contributed by atoms with Gasteiger partial charge in [-0.1, -0.05) is 86.6 Å². The highest BCUT2D eigenvalue weighted by atomic mass is 16.5. The zero-order valence-corrected chi connectivity index (χ0v) is 20.1. The third-order valence-corrected chi connectivity index (χ3v) is 6.75. The van der Waals surface area contributed by atoms with Crippen molar-refractivity contribution in [2.45, 2.75) is 51.2 Å². The van der Waals surface area contributed by atoms with E-state index in [1.54, 1.807) is 5.48 Å². The Morgan fingerprint density at radius 2 is 1.71 bits per heavy atom. The van der Waals surface area contributed by atoms with Crippen LogP contribution >= 0.6 is 0 Å². The van der Waals surface area contributed by atoms with Gasteiger partial charge in [-0.15, -0.1) is 0 Å². The molecule has 0 aromatic heterocycles. The van der Waals surface area contributed by atoms with Crippen LogP contribution in [0.4, 0.5) is 0 Å². The minimum atomic E-state index is -0.718. The summed E-state index contributed by atoms with van der Waals surface area (Å²) >= 11 is 0. The summed E-state index contributed by atoms with van der Waals surface area (Å²) in [6.07, 6.45) is -0.0757. The fourth-order valence-electron chi connectivity index (χ4n) is 4.74. The summed E-state index contributed by atoms with van der Waals surface area (Å²) in [5.41, 5.74) is 7.92. The van der Waals surface area contributed by atoms with E-state index in [4.69, 9.17) is 5.21 Å². The number of nitrogens with one attached hydrogen (secondary N) is 2. The van der Waals surface area contributed by atoms with Gasteiger partial charge < -0.3 is 10.4 Å². The van der Waals surface area contributed by atoms with Gasteiger partial charge in [-0.2, -0.15) is 0 Å². The zero-order valence-electron chi connectivity index (χ0n) is 20.1. The smallest absolute Gasteiger partial charge is 0.244 e. The van der Waals surface area contributed by atoms with Gasteiger partial charge in [0.05, 0.1) is 18.1 Å². The van der Waals surface area contributed by atoms with Crippen LogP contribution in [0.25, 0.3) is 11.1 Å². The Labute approximate surface area is 206 Å². The van der Waals surface area contributed by atoms with Crippen LogP contribution in [0.2, 0.25) is 0 Å². The van der Waals surface area contributed by atoms with Crippen molar-refractivity contribution in [2.24, 2.45) is 5.92 Å². The van der Waals surface area contributed by atoms with E-state index < -0.39 is 24.0 Å². The van der Waals surface area contributed by atoms with Crippen molar-refractivity contribution in [3.8, 4) is 11.1 Å². The highest BCUT2D eigenvalue weighted by Gasteiger charge is 2.34. The third-order valence-electron chi connectivity index (χ3n) is 6.75. The second-order valence-electron chi connectivity index (χ2n) is 9.57. The lowest BCUT2D eigenvalue weighted by Gasteiger charge is -2.22. The summed E-state index contributed by atoms with van der Waals surface area (Å²) < 4.78 is 0. The summed E-state index contributed by atoms with van der Waals surface area (Å²) in [5.74, 6) is -1.21. The molecule has 35 heavy (non-hydrogen) atoms. The lowest BCUT2D eigenvalue weighted by Crippen LogP contribution is -2.40. The molecule has 4 N–H and O–H groups in total. The van der Waals surface area contributed by atoms with Crippen molar-refractivity contribution in [2.75, 3.05) is 0 Å². The highest BCUT2D eigenvalue weighted by molar-refractivity contribution is 5.86. The fourth-order valence-corrected chi connectivity index (χ4v) is 4.74. The van der Waals surface area contributed by atoms with E-state index in [0.717, 1.165) is 27.8 Å². The molecule has 0 heterocycles. The van der Waals surface area contributed by atoms with Gasteiger partial charge in [0.25, 0.3) is 0 Å². The van der Waals surface area contributed by atoms with Crippen LogP contribution in [0.5, 0.6) is 0 Å². The normalized spacial score (nSPS) is 17.6. The number of aliphatic hydroxyl groups is 1. The number of carbonyl (C=O) groups excluding carboxylic acids is 2. The Hall–Kier alpha value is -3.48. The van der Waals surface area contributed by atoms with E-state index in [9.17, 15) is 14.7 Å². The van der Waals surface area contributed by atoms with Crippen molar-refractivity contribution < 1.29 is 19.9 Å². The molecule has 0 saturated heterocycles. The van der Waals surface area contributed by atoms with Crippen LogP contribution in [0, 0.1) is 5.92 Å². The number of benzene rings is 3. The fraction of sp³-hybridized carbons (Fsp3) is 0.310. The maximum absolute atomic E-state index is 13.2. The predicted molar refractivity (Wildman–Crippen MR) is 135 cm³/mol. The molecule has 0 fully saturated rings. The quantitative estimate of drug-likeness (QED) is 0.290. The van der Waals surface area contributed by atoms with E-state index in [0.29, 0.717) is 18.8 Å². The van der Waals surface area contributed by atoms with Gasteiger partial charge in [-0.05, 0) is 45.7 Å². The molecule has 0 spiro atoms. The van der Waals surface area contributed by atoms with Crippen LogP contribution in [0.3, 0.4) is 0 Å². The minimum Gasteiger partial charge on any atom is -0.390 e. The molecular formula is C29H32N2O4. The van der Waals surface area contributed by atoms with E-state index in [2.05, 4.69) is 43.4 Å². The van der Waals surface area contributed by atoms with Crippen LogP contribution < -0.4 is 10.8 Å². The Kier molecular flexibility index (Phi) is 7.63. The molecule has 3 atom stereocenters. The van der Waals surface area contributed by atoms with E-state index >= 15 is 0 Å². The lowest BCUT2D eigenvalue weighted by atomic mass is 9.92. The van der Waals surface area contributed by atoms with Gasteiger partial charge in [0.15, 0.2) is 0 Å². The summed E-state index contributed by atoms with van der Waals surface area (Å²) in [4.78, 5) is 25.2. The molecule has 0 radical (unpaired) electrons. The molecular weight excluding hydrogens is 440 g/mol. The predicted octanol–water partition coefficient (Wildman–Crippen LogP) is 4.31. The van der Waals surface area contributed by atoms with Gasteiger partial charge in [0.1, 0.15) is 0 Å². The number of hydrogen-bond acceptors (Lipinski definition) is 4. The topological polar surface area (TPSA) is 98.7 Å². The van der Waals surface area contributed by atoms with Crippen molar-refractivity contribution in [3.63, 3.8) is 0 Å². The van der Waals surface area contributed by atoms with Crippen LogP contribution in [0.15, 0.2) is 72.8 Å². The van der Waals surface area contributed by atoms with Crippen molar-refractivity contribution in [1.82, 2.24) is 10.8 Å². The van der Waals surface area contributed by atoms with E-state index in [1.807, 2.05) is 48.5 Å². The number of carbonyl (C=O) groups is 2. The Balaban J connectivity index is 1.50. The molecule has 3 aromatic rings. The molecule has 182 valence electrons. The molecule has 0 bridgehead atoms. The van der Waals surface area contributed by atoms with Gasteiger partial charge in [-0.3, -0.25) is 14.8 Å². The molecule has 0 unspecified atom stereocenters. The van der Waals surface area contributed by atoms with Gasteiger partial charge in [0, 0.05) is 12.8 Å². The van der Waals surface area contributed by atoms with Crippen LogP contribution in [-0.2, 0) is 22.4 Å². The monoisotopic (exact) mass is 472 g/mol. The molecule has 0 saturated carbocycles. The molecule has 1 aliphatic carbocycles. The maximum Gasteiger partial charge on any atom is 0.244 e. The number of amides is 2. The zero-order chi connectivity index (χ0) is 24.9. The van der Waals surface area contributed by atoms with E-state index in [-0.39, 0.29) is 12.3 Å². The van der Waals surface area contributed by atoms with Crippen LogP contribution in [-0.4, -0.2) is 28.2 Å². The average molecular weight is 473 g/mol. The highest BCUT2D eigenvalue weighted by Crippen LogP contribution is 2.32. The number of aliphatic hydroxyl groups excluding tert-OH is 1. The Morgan fingerprint density at radius 1 is 0.971 bits per heavy atom. The molecule has 6 heteroatoms. The van der Waals surface area contributed by atoms with Gasteiger partial charge in [-0.25, -0.2) is 5.48 Å². The van der Waals surface area contributed by atoms with Crippen LogP contribution in [0.1, 0.15) is 54.5 Å². The van der Waals surface area contributed by atoms with Crippen molar-refractivity contribution >= 4 is 11.8 Å². The Bertz CT molecular complexity index is 1190. The minimum absolute atomic E-state index is 0.162. The third kappa shape index (κ3) is 5.78. The number of hydrogen-bond donors (Lipinski definition) is 4.